The molecule has 0 fully saturated rings. The van der Waals surface area contributed by atoms with Gasteiger partial charge in [0, 0.05) is 18.6 Å². The zero-order valence-electron chi connectivity index (χ0n) is 3.41. The predicted octanol–water partition coefficient (Wildman–Crippen LogP) is -3.52. The maximum absolute atomic E-state index is 8.93. The molecule has 0 aliphatic heterocycles. The number of carbonyl (C=O) groups excluding carboxylic acids is 2. The molecule has 0 saturated carbocycles. The number of hydrogen-bond acceptors (Lipinski definition) is 4. The summed E-state index contributed by atoms with van der Waals surface area (Å²) in [5.74, 6) is -4.37. The van der Waals surface area contributed by atoms with Crippen molar-refractivity contribution < 1.29 is 55.1 Å². The Morgan fingerprint density at radius 3 is 1.12 bits per heavy atom. The minimum absolute atomic E-state index is 0. The standard InChI is InChI=1S/C2H2O4.Co.V/c3-1(4)2(5)6;;/h(H,3,4)(H,5,6);;/q;+2;/p-2. The summed E-state index contributed by atoms with van der Waals surface area (Å²) in [4.78, 5) is 17.9. The van der Waals surface area contributed by atoms with E-state index in [0.717, 1.165) is 0 Å². The second kappa shape index (κ2) is 7.03. The van der Waals surface area contributed by atoms with Crippen LogP contribution >= 0.6 is 0 Å². The maximum Gasteiger partial charge on any atom is 2.00 e. The molecule has 0 aromatic heterocycles. The normalized spacial score (nSPS) is 5.50. The number of carboxylic acid groups (broad SMARTS) is 2. The van der Waals surface area contributed by atoms with E-state index in [1.54, 1.807) is 0 Å². The Hall–Kier alpha value is 0.0309. The second-order valence-electron chi connectivity index (χ2n) is 0.575. The van der Waals surface area contributed by atoms with E-state index in [2.05, 4.69) is 0 Å². The predicted molar refractivity (Wildman–Crippen MR) is 10.0 cm³/mol. The molecule has 6 heteroatoms. The molecule has 2 radical (unpaired) electrons. The van der Waals surface area contributed by atoms with Crippen molar-refractivity contribution in [3.63, 3.8) is 0 Å². The van der Waals surface area contributed by atoms with Crippen molar-refractivity contribution in [1.29, 1.82) is 0 Å². The number of hydrogen-bond donors (Lipinski definition) is 0. The van der Waals surface area contributed by atoms with Gasteiger partial charge >= 0.3 is 16.8 Å². The van der Waals surface area contributed by atoms with Crippen molar-refractivity contribution in [3.8, 4) is 0 Å². The average molecular weight is 198 g/mol. The summed E-state index contributed by atoms with van der Waals surface area (Å²) in [6, 6.07) is 0. The Kier molecular flexibility index (Phi) is 13.8. The van der Waals surface area contributed by atoms with Gasteiger partial charge in [-0.25, -0.2) is 0 Å². The summed E-state index contributed by atoms with van der Waals surface area (Å²) in [7, 11) is 0. The molecule has 8 heavy (non-hydrogen) atoms. The van der Waals surface area contributed by atoms with Gasteiger partial charge in [0.15, 0.2) is 0 Å². The first kappa shape index (κ1) is 15.7. The minimum atomic E-state index is -2.19. The van der Waals surface area contributed by atoms with E-state index in [-0.39, 0.29) is 35.3 Å². The zero-order chi connectivity index (χ0) is 5.15. The smallest absolute Gasteiger partial charge is 0.543 e. The van der Waals surface area contributed by atoms with Crippen LogP contribution in [0.5, 0.6) is 0 Å². The average Bonchev–Trinajstić information content (AvgIpc) is 1.36. The van der Waals surface area contributed by atoms with Gasteiger partial charge in [-0.2, -0.15) is 0 Å². The Labute approximate surface area is 67.3 Å². The molecule has 0 saturated heterocycles. The molecule has 0 aromatic carbocycles. The van der Waals surface area contributed by atoms with Crippen LogP contribution in [0.3, 0.4) is 0 Å². The molecular weight excluding hydrogens is 198 g/mol. The molecule has 0 N–H and O–H groups in total. The van der Waals surface area contributed by atoms with Crippen molar-refractivity contribution >= 4 is 11.9 Å². The first-order chi connectivity index (χ1) is 2.64. The van der Waals surface area contributed by atoms with Gasteiger partial charge in [-0.15, -0.1) is 0 Å². The molecule has 0 heterocycles. The fourth-order valence-electron chi connectivity index (χ4n) is 0. The molecule has 0 amide bonds. The van der Waals surface area contributed by atoms with Crippen LogP contribution in [0.25, 0.3) is 0 Å². The number of carbonyl (C=O) groups is 2. The molecule has 0 spiro atoms. The third kappa shape index (κ3) is 9.39. The summed E-state index contributed by atoms with van der Waals surface area (Å²) in [6.45, 7) is 0. The molecule has 0 rings (SSSR count). The summed E-state index contributed by atoms with van der Waals surface area (Å²) in [5.41, 5.74) is 0. The third-order valence-electron chi connectivity index (χ3n) is 0.167. The first-order valence-electron chi connectivity index (χ1n) is 1.07. The van der Waals surface area contributed by atoms with Gasteiger partial charge in [-0.05, 0) is 0 Å². The molecule has 0 bridgehead atoms. The molecule has 0 aromatic rings. The van der Waals surface area contributed by atoms with Crippen LogP contribution < -0.4 is 10.2 Å². The first-order valence-corrected chi connectivity index (χ1v) is 1.07. The van der Waals surface area contributed by atoms with Crippen LogP contribution in [0.4, 0.5) is 0 Å². The monoisotopic (exact) mass is 198 g/mol. The molecule has 46 valence electrons. The quantitative estimate of drug-likeness (QED) is 0.378. The summed E-state index contributed by atoms with van der Waals surface area (Å²) >= 11 is 0. The summed E-state index contributed by atoms with van der Waals surface area (Å²) in [5, 5.41) is 17.9. The van der Waals surface area contributed by atoms with E-state index in [0.29, 0.717) is 0 Å². The number of carboxylic acids is 2. The molecule has 0 aliphatic carbocycles. The van der Waals surface area contributed by atoms with Crippen molar-refractivity contribution in [2.75, 3.05) is 0 Å². The van der Waals surface area contributed by atoms with Gasteiger partial charge in [0.05, 0.1) is 11.9 Å². The van der Waals surface area contributed by atoms with Crippen LogP contribution in [0.1, 0.15) is 0 Å². The van der Waals surface area contributed by atoms with Crippen LogP contribution in [-0.2, 0) is 44.9 Å². The fourth-order valence-corrected chi connectivity index (χ4v) is 0. The third-order valence-corrected chi connectivity index (χ3v) is 0.167. The van der Waals surface area contributed by atoms with Crippen LogP contribution in [-0.4, -0.2) is 11.9 Å². The van der Waals surface area contributed by atoms with Gasteiger partial charge in [-0.3, -0.25) is 0 Å². The molecule has 0 unspecified atom stereocenters. The van der Waals surface area contributed by atoms with E-state index in [9.17, 15) is 0 Å². The van der Waals surface area contributed by atoms with Crippen LogP contribution in [0.2, 0.25) is 0 Å². The van der Waals surface area contributed by atoms with Crippen LogP contribution in [0.15, 0.2) is 0 Å². The molecule has 0 atom stereocenters. The Bertz CT molecular complexity index is 80.0. The van der Waals surface area contributed by atoms with Gasteiger partial charge in [0.2, 0.25) is 0 Å². The van der Waals surface area contributed by atoms with Gasteiger partial charge in [0.1, 0.15) is 0 Å². The molecular formula is C2CoO4V. The van der Waals surface area contributed by atoms with Crippen LogP contribution in [0, 0.1) is 0 Å². The van der Waals surface area contributed by atoms with Crippen molar-refractivity contribution in [2.24, 2.45) is 0 Å². The number of aliphatic carboxylic acids is 2. The van der Waals surface area contributed by atoms with E-state index >= 15 is 0 Å². The largest absolute Gasteiger partial charge is 2.00 e. The van der Waals surface area contributed by atoms with Crippen molar-refractivity contribution in [2.45, 2.75) is 0 Å². The van der Waals surface area contributed by atoms with Crippen molar-refractivity contribution in [1.82, 2.24) is 0 Å². The van der Waals surface area contributed by atoms with E-state index in [1.165, 1.54) is 0 Å². The van der Waals surface area contributed by atoms with Gasteiger partial charge < -0.3 is 19.8 Å². The minimum Gasteiger partial charge on any atom is -0.543 e. The van der Waals surface area contributed by atoms with E-state index in [4.69, 9.17) is 19.8 Å². The topological polar surface area (TPSA) is 80.3 Å². The van der Waals surface area contributed by atoms with E-state index in [1.807, 2.05) is 0 Å². The Balaban J connectivity index is -0.000000125. The zero-order valence-corrected chi connectivity index (χ0v) is 5.85. The fraction of sp³-hybridized carbons (Fsp3) is 0. The molecule has 0 aliphatic rings. The Morgan fingerprint density at radius 2 is 1.12 bits per heavy atom. The Morgan fingerprint density at radius 1 is 1.00 bits per heavy atom. The van der Waals surface area contributed by atoms with Gasteiger partial charge in [-0.1, -0.05) is 0 Å². The van der Waals surface area contributed by atoms with Crippen molar-refractivity contribution in [3.05, 3.63) is 0 Å². The summed E-state index contributed by atoms with van der Waals surface area (Å²) < 4.78 is 0. The SMILES string of the molecule is O=C([O-])C(=O)[O-].[Co+2].[V]. The van der Waals surface area contributed by atoms with Gasteiger partial charge in [0.25, 0.3) is 0 Å². The summed E-state index contributed by atoms with van der Waals surface area (Å²) in [6.07, 6.45) is 0. The molecule has 4 nitrogen and oxygen atoms in total. The maximum atomic E-state index is 8.93. The second-order valence-corrected chi connectivity index (χ2v) is 0.575. The number of rotatable bonds is 0. The van der Waals surface area contributed by atoms with E-state index < -0.39 is 11.9 Å².